The van der Waals surface area contributed by atoms with E-state index in [4.69, 9.17) is 9.84 Å². The average molecular weight is 304 g/mol. The number of rotatable bonds is 10. The van der Waals surface area contributed by atoms with Crippen LogP contribution in [0, 0.1) is 5.92 Å². The van der Waals surface area contributed by atoms with Gasteiger partial charge in [0.2, 0.25) is 0 Å². The van der Waals surface area contributed by atoms with E-state index in [9.17, 15) is 4.79 Å². The molecular formula is C19H28O3. The van der Waals surface area contributed by atoms with Crippen molar-refractivity contribution < 1.29 is 14.6 Å². The Morgan fingerprint density at radius 2 is 1.73 bits per heavy atom. The Kier molecular flexibility index (Phi) is 7.27. The van der Waals surface area contributed by atoms with Gasteiger partial charge in [0, 0.05) is 6.42 Å². The number of ether oxygens (including phenoxy) is 1. The molecule has 3 heteroatoms. The van der Waals surface area contributed by atoms with Gasteiger partial charge in [0.25, 0.3) is 0 Å². The topological polar surface area (TPSA) is 46.5 Å². The van der Waals surface area contributed by atoms with E-state index in [0.717, 1.165) is 31.6 Å². The summed E-state index contributed by atoms with van der Waals surface area (Å²) in [7, 11) is 0. The Morgan fingerprint density at radius 1 is 1.05 bits per heavy atom. The third kappa shape index (κ3) is 6.08. The number of carboxylic acid groups (broad SMARTS) is 1. The van der Waals surface area contributed by atoms with Gasteiger partial charge in [0.1, 0.15) is 5.75 Å². The molecule has 0 radical (unpaired) electrons. The second kappa shape index (κ2) is 9.50. The molecular weight excluding hydrogens is 276 g/mol. The highest BCUT2D eigenvalue weighted by atomic mass is 16.5. The van der Waals surface area contributed by atoms with Gasteiger partial charge in [-0.15, -0.1) is 0 Å². The van der Waals surface area contributed by atoms with E-state index in [-0.39, 0.29) is 0 Å². The van der Waals surface area contributed by atoms with Crippen molar-refractivity contribution in [2.24, 2.45) is 5.92 Å². The van der Waals surface area contributed by atoms with Crippen LogP contribution < -0.4 is 4.74 Å². The molecule has 1 aliphatic heterocycles. The van der Waals surface area contributed by atoms with Crippen molar-refractivity contribution >= 4 is 5.97 Å². The Morgan fingerprint density at radius 3 is 2.50 bits per heavy atom. The minimum Gasteiger partial charge on any atom is -0.493 e. The highest BCUT2D eigenvalue weighted by Gasteiger charge is 2.18. The molecule has 0 aliphatic carbocycles. The fourth-order valence-electron chi connectivity index (χ4n) is 3.17. The minimum atomic E-state index is -0.670. The monoisotopic (exact) mass is 304 g/mol. The maximum absolute atomic E-state index is 10.4. The van der Waals surface area contributed by atoms with Crippen molar-refractivity contribution in [3.63, 3.8) is 0 Å². The average Bonchev–Trinajstić information content (AvgIpc) is 2.53. The van der Waals surface area contributed by atoms with Gasteiger partial charge in [-0.25, -0.2) is 0 Å². The molecule has 0 spiro atoms. The summed E-state index contributed by atoms with van der Waals surface area (Å²) < 4.78 is 5.83. The van der Waals surface area contributed by atoms with Gasteiger partial charge < -0.3 is 9.84 Å². The molecule has 0 bridgehead atoms. The number of carboxylic acids is 1. The zero-order valence-corrected chi connectivity index (χ0v) is 13.4. The molecule has 1 N–H and O–H groups in total. The predicted octanol–water partition coefficient (Wildman–Crippen LogP) is 4.83. The van der Waals surface area contributed by atoms with Crippen molar-refractivity contribution in [3.8, 4) is 5.75 Å². The zero-order chi connectivity index (χ0) is 15.6. The van der Waals surface area contributed by atoms with E-state index < -0.39 is 5.97 Å². The summed E-state index contributed by atoms with van der Waals surface area (Å²) in [6.07, 6.45) is 10.9. The summed E-state index contributed by atoms with van der Waals surface area (Å²) in [4.78, 5) is 10.4. The third-order valence-electron chi connectivity index (χ3n) is 4.46. The van der Waals surface area contributed by atoms with E-state index in [1.54, 1.807) is 0 Å². The number of carbonyl (C=O) groups is 1. The third-order valence-corrected chi connectivity index (χ3v) is 4.46. The molecule has 3 nitrogen and oxygen atoms in total. The molecule has 0 fully saturated rings. The molecule has 22 heavy (non-hydrogen) atoms. The number of hydrogen-bond donors (Lipinski definition) is 1. The summed E-state index contributed by atoms with van der Waals surface area (Å²) in [6.45, 7) is 0.867. The van der Waals surface area contributed by atoms with E-state index in [1.807, 2.05) is 6.07 Å². The van der Waals surface area contributed by atoms with Crippen LogP contribution in [0.1, 0.15) is 63.4 Å². The summed E-state index contributed by atoms with van der Waals surface area (Å²) >= 11 is 0. The molecule has 0 amide bonds. The molecule has 1 atom stereocenters. The van der Waals surface area contributed by atoms with E-state index in [2.05, 4.69) is 18.2 Å². The second-order valence-electron chi connectivity index (χ2n) is 6.40. The van der Waals surface area contributed by atoms with Crippen LogP contribution >= 0.6 is 0 Å². The minimum absolute atomic E-state index is 0.323. The van der Waals surface area contributed by atoms with Crippen molar-refractivity contribution in [1.82, 2.24) is 0 Å². The van der Waals surface area contributed by atoms with Crippen LogP contribution in [0.15, 0.2) is 24.3 Å². The smallest absolute Gasteiger partial charge is 0.303 e. The molecule has 0 aromatic heterocycles. The van der Waals surface area contributed by atoms with Gasteiger partial charge >= 0.3 is 5.97 Å². The molecule has 1 aromatic rings. The molecule has 122 valence electrons. The van der Waals surface area contributed by atoms with Gasteiger partial charge in [-0.3, -0.25) is 4.79 Å². The number of fused-ring (bicyclic) bond motifs is 1. The largest absolute Gasteiger partial charge is 0.493 e. The molecule has 0 saturated heterocycles. The Bertz CT molecular complexity index is 456. The lowest BCUT2D eigenvalue weighted by Crippen LogP contribution is -2.20. The van der Waals surface area contributed by atoms with E-state index in [1.165, 1.54) is 44.1 Å². The molecule has 1 aliphatic rings. The Balaban J connectivity index is 1.47. The second-order valence-corrected chi connectivity index (χ2v) is 6.40. The van der Waals surface area contributed by atoms with Crippen LogP contribution in [0.5, 0.6) is 5.75 Å². The van der Waals surface area contributed by atoms with Crippen LogP contribution in [-0.4, -0.2) is 17.7 Å². The number of hydrogen-bond acceptors (Lipinski definition) is 2. The van der Waals surface area contributed by atoms with Crippen molar-refractivity contribution in [2.45, 2.75) is 64.2 Å². The number of benzene rings is 1. The van der Waals surface area contributed by atoms with Crippen LogP contribution in [0.2, 0.25) is 0 Å². The van der Waals surface area contributed by atoms with Crippen molar-refractivity contribution in [1.29, 1.82) is 0 Å². The molecule has 0 saturated carbocycles. The number of para-hydroxylation sites is 1. The first-order chi connectivity index (χ1) is 10.8. The van der Waals surface area contributed by atoms with Gasteiger partial charge in [-0.05, 0) is 36.8 Å². The first kappa shape index (κ1) is 16.9. The van der Waals surface area contributed by atoms with Crippen LogP contribution in [0.3, 0.4) is 0 Å². The number of aliphatic carboxylic acids is 1. The molecule has 1 heterocycles. The van der Waals surface area contributed by atoms with E-state index in [0.29, 0.717) is 12.3 Å². The Hall–Kier alpha value is -1.51. The molecule has 1 unspecified atom stereocenters. The highest BCUT2D eigenvalue weighted by Crippen LogP contribution is 2.29. The lowest BCUT2D eigenvalue weighted by Gasteiger charge is -2.25. The summed E-state index contributed by atoms with van der Waals surface area (Å²) in [6, 6.07) is 8.37. The van der Waals surface area contributed by atoms with Crippen LogP contribution in [-0.2, 0) is 11.2 Å². The fourth-order valence-corrected chi connectivity index (χ4v) is 3.17. The summed E-state index contributed by atoms with van der Waals surface area (Å²) in [5.41, 5.74) is 1.36. The van der Waals surface area contributed by atoms with E-state index >= 15 is 0 Å². The highest BCUT2D eigenvalue weighted by molar-refractivity contribution is 5.66. The zero-order valence-electron chi connectivity index (χ0n) is 13.4. The lowest BCUT2D eigenvalue weighted by molar-refractivity contribution is -0.137. The first-order valence-electron chi connectivity index (χ1n) is 8.68. The van der Waals surface area contributed by atoms with Crippen molar-refractivity contribution in [3.05, 3.63) is 29.8 Å². The van der Waals surface area contributed by atoms with Crippen molar-refractivity contribution in [2.75, 3.05) is 6.61 Å². The maximum atomic E-state index is 10.4. The summed E-state index contributed by atoms with van der Waals surface area (Å²) in [5.74, 6) is 1.07. The van der Waals surface area contributed by atoms with Crippen LogP contribution in [0.25, 0.3) is 0 Å². The standard InChI is InChI=1S/C19H28O3/c20-19(21)13-7-5-3-1-2-4-6-10-16-14-17-11-8-9-12-18(17)22-15-16/h8-9,11-12,16H,1-7,10,13-15H2,(H,20,21). The predicted molar refractivity (Wildman–Crippen MR) is 88.3 cm³/mol. The van der Waals surface area contributed by atoms with Gasteiger partial charge in [-0.1, -0.05) is 56.7 Å². The molecule has 2 rings (SSSR count). The normalized spacial score (nSPS) is 16.8. The Labute approximate surface area is 133 Å². The fraction of sp³-hybridized carbons (Fsp3) is 0.632. The van der Waals surface area contributed by atoms with Gasteiger partial charge in [0.05, 0.1) is 6.61 Å². The SMILES string of the molecule is O=C(O)CCCCCCCCCC1COc2ccccc2C1. The summed E-state index contributed by atoms with van der Waals surface area (Å²) in [5, 5.41) is 8.56. The molecule has 1 aromatic carbocycles. The first-order valence-corrected chi connectivity index (χ1v) is 8.68. The van der Waals surface area contributed by atoms with Gasteiger partial charge in [-0.2, -0.15) is 0 Å². The number of unbranched alkanes of at least 4 members (excludes halogenated alkanes) is 6. The van der Waals surface area contributed by atoms with Gasteiger partial charge in [0.15, 0.2) is 0 Å². The maximum Gasteiger partial charge on any atom is 0.303 e. The quantitative estimate of drug-likeness (QED) is 0.630. The van der Waals surface area contributed by atoms with Crippen LogP contribution in [0.4, 0.5) is 0 Å². The lowest BCUT2D eigenvalue weighted by atomic mass is 9.92.